The predicted octanol–water partition coefficient (Wildman–Crippen LogP) is 3.26. The van der Waals surface area contributed by atoms with Crippen molar-refractivity contribution in [2.24, 2.45) is 5.92 Å². The number of ketones is 1. The van der Waals surface area contributed by atoms with Crippen molar-refractivity contribution in [1.29, 1.82) is 0 Å². The summed E-state index contributed by atoms with van der Waals surface area (Å²) in [6, 6.07) is 5.97. The van der Waals surface area contributed by atoms with Crippen molar-refractivity contribution in [3.05, 3.63) is 40.4 Å². The molecular formula is C22H26N4O3S. The Morgan fingerprint density at radius 2 is 1.93 bits per heavy atom. The molecule has 4 rings (SSSR count). The maximum Gasteiger partial charge on any atom is 0.231 e. The topological polar surface area (TPSA) is 92.3 Å². The van der Waals surface area contributed by atoms with Crippen LogP contribution in [0.1, 0.15) is 60.0 Å². The number of aromatic nitrogens is 2. The molecule has 8 heteroatoms. The summed E-state index contributed by atoms with van der Waals surface area (Å²) in [5, 5.41) is 10.8. The SMILES string of the molecule is O=C(CCC(=O)N1CCC[C@H](C(=O)Nc2nncs2)C1)c1ccc2c(c1)CCCC2. The molecule has 1 N–H and O–H groups in total. The highest BCUT2D eigenvalue weighted by atomic mass is 32.1. The number of piperidine rings is 1. The molecule has 0 unspecified atom stereocenters. The second kappa shape index (κ2) is 9.47. The maximum atomic E-state index is 12.7. The van der Waals surface area contributed by atoms with Gasteiger partial charge in [0, 0.05) is 31.5 Å². The molecule has 0 saturated carbocycles. The zero-order chi connectivity index (χ0) is 20.9. The van der Waals surface area contributed by atoms with Crippen LogP contribution in [0.3, 0.4) is 0 Å². The van der Waals surface area contributed by atoms with E-state index in [-0.39, 0.29) is 36.4 Å². The number of benzene rings is 1. The van der Waals surface area contributed by atoms with E-state index in [9.17, 15) is 14.4 Å². The fourth-order valence-corrected chi connectivity index (χ4v) is 4.73. The Morgan fingerprint density at radius 3 is 2.73 bits per heavy atom. The number of carbonyl (C=O) groups is 3. The zero-order valence-corrected chi connectivity index (χ0v) is 17.7. The summed E-state index contributed by atoms with van der Waals surface area (Å²) in [7, 11) is 0. The summed E-state index contributed by atoms with van der Waals surface area (Å²) in [6.45, 7) is 1.02. The number of aryl methyl sites for hydroxylation is 2. The van der Waals surface area contributed by atoms with Crippen molar-refractivity contribution < 1.29 is 14.4 Å². The molecule has 1 aromatic heterocycles. The van der Waals surface area contributed by atoms with Crippen LogP contribution in [0.25, 0.3) is 0 Å². The lowest BCUT2D eigenvalue weighted by Crippen LogP contribution is -2.43. The molecule has 1 fully saturated rings. The summed E-state index contributed by atoms with van der Waals surface area (Å²) in [6.07, 6.45) is 6.41. The molecule has 158 valence electrons. The first-order valence-electron chi connectivity index (χ1n) is 10.6. The Kier molecular flexibility index (Phi) is 6.52. The number of carbonyl (C=O) groups excluding carboxylic acids is 3. The van der Waals surface area contributed by atoms with Gasteiger partial charge in [0.15, 0.2) is 5.78 Å². The molecule has 7 nitrogen and oxygen atoms in total. The van der Waals surface area contributed by atoms with Crippen LogP contribution >= 0.6 is 11.3 Å². The molecule has 1 aliphatic heterocycles. The van der Waals surface area contributed by atoms with E-state index in [4.69, 9.17) is 0 Å². The Balaban J connectivity index is 1.29. The van der Waals surface area contributed by atoms with E-state index in [2.05, 4.69) is 21.6 Å². The third-order valence-electron chi connectivity index (χ3n) is 5.97. The fourth-order valence-electron chi connectivity index (χ4n) is 4.28. The third kappa shape index (κ3) is 4.92. The van der Waals surface area contributed by atoms with E-state index in [0.717, 1.165) is 25.7 Å². The number of nitrogens with one attached hydrogen (secondary N) is 1. The molecule has 0 radical (unpaired) electrons. The van der Waals surface area contributed by atoms with Gasteiger partial charge in [-0.2, -0.15) is 0 Å². The van der Waals surface area contributed by atoms with Crippen molar-refractivity contribution in [3.8, 4) is 0 Å². The van der Waals surface area contributed by atoms with Gasteiger partial charge in [0.25, 0.3) is 0 Å². The molecule has 0 bridgehead atoms. The van der Waals surface area contributed by atoms with Crippen LogP contribution in [0, 0.1) is 5.92 Å². The number of anilines is 1. The van der Waals surface area contributed by atoms with Gasteiger partial charge in [-0.25, -0.2) is 0 Å². The molecule has 1 aliphatic carbocycles. The number of hydrogen-bond donors (Lipinski definition) is 1. The number of rotatable bonds is 6. The van der Waals surface area contributed by atoms with E-state index in [1.807, 2.05) is 12.1 Å². The normalized spacial score (nSPS) is 18.5. The predicted molar refractivity (Wildman–Crippen MR) is 114 cm³/mol. The van der Waals surface area contributed by atoms with E-state index >= 15 is 0 Å². The largest absolute Gasteiger partial charge is 0.342 e. The number of nitrogens with zero attached hydrogens (tertiary/aromatic N) is 3. The Bertz CT molecular complexity index is 928. The standard InChI is InChI=1S/C22H26N4O3S/c27-19(17-8-7-15-4-1-2-5-16(15)12-17)9-10-20(28)26-11-3-6-18(13-26)21(29)24-22-25-23-14-30-22/h7-8,12,14,18H,1-6,9-11,13H2,(H,24,25,29)/t18-/m0/s1. The summed E-state index contributed by atoms with van der Waals surface area (Å²) < 4.78 is 0. The molecule has 1 aromatic carbocycles. The lowest BCUT2D eigenvalue weighted by Gasteiger charge is -2.32. The van der Waals surface area contributed by atoms with Crippen molar-refractivity contribution >= 4 is 34.1 Å². The van der Waals surface area contributed by atoms with Crippen molar-refractivity contribution in [1.82, 2.24) is 15.1 Å². The first-order chi connectivity index (χ1) is 14.6. The van der Waals surface area contributed by atoms with Crippen LogP contribution in [0.2, 0.25) is 0 Å². The number of likely N-dealkylation sites (tertiary alicyclic amines) is 1. The van der Waals surface area contributed by atoms with Crippen molar-refractivity contribution in [2.75, 3.05) is 18.4 Å². The first kappa shape index (κ1) is 20.7. The van der Waals surface area contributed by atoms with Crippen LogP contribution in [0.5, 0.6) is 0 Å². The minimum absolute atomic E-state index is 0.0132. The second-order valence-electron chi connectivity index (χ2n) is 8.03. The van der Waals surface area contributed by atoms with E-state index in [1.54, 1.807) is 10.4 Å². The van der Waals surface area contributed by atoms with Gasteiger partial charge < -0.3 is 10.2 Å². The van der Waals surface area contributed by atoms with Crippen LogP contribution in [-0.4, -0.2) is 45.8 Å². The van der Waals surface area contributed by atoms with E-state index in [0.29, 0.717) is 23.8 Å². The second-order valence-corrected chi connectivity index (χ2v) is 8.86. The Labute approximate surface area is 179 Å². The monoisotopic (exact) mass is 426 g/mol. The molecule has 1 saturated heterocycles. The van der Waals surface area contributed by atoms with Gasteiger partial charge in [0.1, 0.15) is 5.51 Å². The summed E-state index contributed by atoms with van der Waals surface area (Å²) in [5.41, 5.74) is 4.89. The highest BCUT2D eigenvalue weighted by Gasteiger charge is 2.29. The lowest BCUT2D eigenvalue weighted by atomic mass is 9.89. The van der Waals surface area contributed by atoms with Gasteiger partial charge >= 0.3 is 0 Å². The highest BCUT2D eigenvalue weighted by molar-refractivity contribution is 7.13. The van der Waals surface area contributed by atoms with Gasteiger partial charge in [0.2, 0.25) is 16.9 Å². The average Bonchev–Trinajstić information content (AvgIpc) is 3.30. The minimum Gasteiger partial charge on any atom is -0.342 e. The van der Waals surface area contributed by atoms with Gasteiger partial charge in [-0.1, -0.05) is 23.5 Å². The van der Waals surface area contributed by atoms with Crippen LogP contribution < -0.4 is 5.32 Å². The average molecular weight is 427 g/mol. The van der Waals surface area contributed by atoms with Crippen molar-refractivity contribution in [2.45, 2.75) is 51.4 Å². The van der Waals surface area contributed by atoms with Gasteiger partial charge in [-0.05, 0) is 55.7 Å². The Hall–Kier alpha value is -2.61. The fraction of sp³-hybridized carbons (Fsp3) is 0.500. The Morgan fingerprint density at radius 1 is 1.10 bits per heavy atom. The summed E-state index contributed by atoms with van der Waals surface area (Å²) in [4.78, 5) is 39.4. The van der Waals surface area contributed by atoms with Crippen LogP contribution in [0.4, 0.5) is 5.13 Å². The zero-order valence-electron chi connectivity index (χ0n) is 16.9. The highest BCUT2D eigenvalue weighted by Crippen LogP contribution is 2.24. The first-order valence-corrected chi connectivity index (χ1v) is 11.5. The molecular weight excluding hydrogens is 400 g/mol. The number of Topliss-reactive ketones (excluding diaryl/α,β-unsaturated/α-hetero) is 1. The van der Waals surface area contributed by atoms with E-state index in [1.165, 1.54) is 35.3 Å². The number of fused-ring (bicyclic) bond motifs is 1. The van der Waals surface area contributed by atoms with Gasteiger partial charge in [0.05, 0.1) is 5.92 Å². The molecule has 2 aliphatic rings. The minimum atomic E-state index is -0.261. The van der Waals surface area contributed by atoms with Crippen LogP contribution in [0.15, 0.2) is 23.7 Å². The van der Waals surface area contributed by atoms with Crippen LogP contribution in [-0.2, 0) is 22.4 Å². The molecule has 2 aromatic rings. The molecule has 2 amide bonds. The molecule has 0 spiro atoms. The smallest absolute Gasteiger partial charge is 0.231 e. The lowest BCUT2D eigenvalue weighted by molar-refractivity contribution is -0.134. The maximum absolute atomic E-state index is 12.7. The molecule has 2 heterocycles. The number of hydrogen-bond acceptors (Lipinski definition) is 6. The number of amides is 2. The molecule has 1 atom stereocenters. The third-order valence-corrected chi connectivity index (χ3v) is 6.58. The summed E-state index contributed by atoms with van der Waals surface area (Å²) >= 11 is 1.27. The van der Waals surface area contributed by atoms with Crippen molar-refractivity contribution in [3.63, 3.8) is 0 Å². The van der Waals surface area contributed by atoms with Gasteiger partial charge in [-0.15, -0.1) is 10.2 Å². The van der Waals surface area contributed by atoms with E-state index < -0.39 is 0 Å². The van der Waals surface area contributed by atoms with Gasteiger partial charge in [-0.3, -0.25) is 14.4 Å². The summed E-state index contributed by atoms with van der Waals surface area (Å²) in [5.74, 6) is -0.439. The quantitative estimate of drug-likeness (QED) is 0.716. The molecule has 30 heavy (non-hydrogen) atoms.